The molecule has 96 valence electrons. The van der Waals surface area contributed by atoms with Gasteiger partial charge in [0.1, 0.15) is 0 Å². The van der Waals surface area contributed by atoms with E-state index in [0.717, 1.165) is 25.4 Å². The molecule has 1 N–H and O–H groups in total. The van der Waals surface area contributed by atoms with Crippen LogP contribution in [0.25, 0.3) is 0 Å². The van der Waals surface area contributed by atoms with E-state index in [2.05, 4.69) is 31.0 Å². The molecule has 1 rings (SSSR count). The lowest BCUT2D eigenvalue weighted by atomic mass is 10.0. The summed E-state index contributed by atoms with van der Waals surface area (Å²) in [5.41, 5.74) is 0. The number of rotatable bonds is 4. The van der Waals surface area contributed by atoms with Gasteiger partial charge in [-0.25, -0.2) is 0 Å². The lowest BCUT2D eigenvalue weighted by molar-refractivity contribution is 0.205. The average Bonchev–Trinajstić information content (AvgIpc) is 2.41. The van der Waals surface area contributed by atoms with Crippen molar-refractivity contribution in [3.63, 3.8) is 0 Å². The standard InChI is InChI=1S/C12H26N2OS/c1-10(2)12-8-14(7-5-6-13-12)11(3)9-16(4)15/h10-13H,5-9H2,1-4H3. The third kappa shape index (κ3) is 4.52. The van der Waals surface area contributed by atoms with Crippen LogP contribution in [-0.4, -0.2) is 52.8 Å². The van der Waals surface area contributed by atoms with Gasteiger partial charge in [0, 0.05) is 41.4 Å². The summed E-state index contributed by atoms with van der Waals surface area (Å²) < 4.78 is 11.3. The second-order valence-electron chi connectivity index (χ2n) is 5.24. The van der Waals surface area contributed by atoms with Crippen LogP contribution in [0.3, 0.4) is 0 Å². The van der Waals surface area contributed by atoms with Crippen LogP contribution in [0.2, 0.25) is 0 Å². The van der Waals surface area contributed by atoms with Crippen molar-refractivity contribution in [3.05, 3.63) is 0 Å². The first-order valence-corrected chi connectivity index (χ1v) is 8.01. The summed E-state index contributed by atoms with van der Waals surface area (Å²) in [6.45, 7) is 10.1. The first kappa shape index (κ1) is 14.1. The fourth-order valence-corrected chi connectivity index (χ4v) is 3.16. The zero-order chi connectivity index (χ0) is 12.1. The first-order chi connectivity index (χ1) is 7.50. The van der Waals surface area contributed by atoms with Crippen molar-refractivity contribution >= 4 is 10.8 Å². The molecule has 1 aliphatic rings. The van der Waals surface area contributed by atoms with E-state index in [1.54, 1.807) is 6.26 Å². The van der Waals surface area contributed by atoms with E-state index in [0.29, 0.717) is 18.0 Å². The zero-order valence-electron chi connectivity index (χ0n) is 11.0. The summed E-state index contributed by atoms with van der Waals surface area (Å²) in [4.78, 5) is 2.49. The number of hydrogen-bond donors (Lipinski definition) is 1. The summed E-state index contributed by atoms with van der Waals surface area (Å²) >= 11 is 0. The van der Waals surface area contributed by atoms with E-state index in [-0.39, 0.29) is 0 Å². The molecular weight excluding hydrogens is 220 g/mol. The second-order valence-corrected chi connectivity index (χ2v) is 6.72. The van der Waals surface area contributed by atoms with Crippen molar-refractivity contribution in [2.24, 2.45) is 5.92 Å². The van der Waals surface area contributed by atoms with Gasteiger partial charge in [-0.1, -0.05) is 13.8 Å². The van der Waals surface area contributed by atoms with Gasteiger partial charge in [-0.3, -0.25) is 9.11 Å². The Labute approximate surface area is 102 Å². The van der Waals surface area contributed by atoms with Crippen LogP contribution in [0.4, 0.5) is 0 Å². The lowest BCUT2D eigenvalue weighted by Crippen LogP contribution is -2.45. The van der Waals surface area contributed by atoms with Crippen LogP contribution in [0.1, 0.15) is 27.2 Å². The molecule has 0 aromatic carbocycles. The van der Waals surface area contributed by atoms with E-state index in [1.807, 2.05) is 0 Å². The lowest BCUT2D eigenvalue weighted by Gasteiger charge is -2.31. The summed E-state index contributed by atoms with van der Waals surface area (Å²) in [6, 6.07) is 1.02. The maximum atomic E-state index is 11.3. The minimum atomic E-state index is -0.687. The molecule has 1 fully saturated rings. The van der Waals surface area contributed by atoms with E-state index in [1.165, 1.54) is 6.42 Å². The van der Waals surface area contributed by atoms with Crippen molar-refractivity contribution in [1.82, 2.24) is 10.2 Å². The Morgan fingerprint density at radius 1 is 1.44 bits per heavy atom. The van der Waals surface area contributed by atoms with Crippen LogP contribution >= 0.6 is 0 Å². The van der Waals surface area contributed by atoms with Crippen LogP contribution in [-0.2, 0) is 10.8 Å². The molecule has 0 amide bonds. The Morgan fingerprint density at radius 3 is 2.69 bits per heavy atom. The van der Waals surface area contributed by atoms with Crippen molar-refractivity contribution in [2.45, 2.75) is 39.3 Å². The molecule has 3 atom stereocenters. The van der Waals surface area contributed by atoms with Crippen molar-refractivity contribution in [3.8, 4) is 0 Å². The Morgan fingerprint density at radius 2 is 2.12 bits per heavy atom. The molecule has 0 aromatic rings. The minimum Gasteiger partial charge on any atom is -0.312 e. The minimum absolute atomic E-state index is 0.437. The summed E-state index contributed by atoms with van der Waals surface area (Å²) in [5.74, 6) is 1.46. The number of hydrogen-bond acceptors (Lipinski definition) is 3. The van der Waals surface area contributed by atoms with Gasteiger partial charge in [-0.2, -0.15) is 0 Å². The third-order valence-corrected chi connectivity index (χ3v) is 4.32. The molecule has 0 aromatic heterocycles. The van der Waals surface area contributed by atoms with Gasteiger partial charge in [0.2, 0.25) is 0 Å². The Hall–Kier alpha value is 0.0700. The molecule has 1 heterocycles. The molecule has 3 unspecified atom stereocenters. The van der Waals surface area contributed by atoms with Crippen LogP contribution in [0.15, 0.2) is 0 Å². The molecular formula is C12H26N2OS. The molecule has 4 heteroatoms. The molecule has 1 aliphatic heterocycles. The SMILES string of the molecule is CC(C)C1CN(C(C)CS(C)=O)CCCN1. The predicted octanol–water partition coefficient (Wildman–Crippen LogP) is 1.07. The fraction of sp³-hybridized carbons (Fsp3) is 1.00. The Bertz CT molecular complexity index is 233. The van der Waals surface area contributed by atoms with E-state index in [9.17, 15) is 4.21 Å². The highest BCUT2D eigenvalue weighted by Crippen LogP contribution is 2.11. The number of nitrogens with one attached hydrogen (secondary N) is 1. The van der Waals surface area contributed by atoms with E-state index >= 15 is 0 Å². The smallest absolute Gasteiger partial charge is 0.0385 e. The van der Waals surface area contributed by atoms with Crippen LogP contribution in [0.5, 0.6) is 0 Å². The van der Waals surface area contributed by atoms with Gasteiger partial charge in [-0.05, 0) is 32.4 Å². The highest BCUT2D eigenvalue weighted by atomic mass is 32.2. The van der Waals surface area contributed by atoms with Crippen molar-refractivity contribution in [2.75, 3.05) is 31.6 Å². The highest BCUT2D eigenvalue weighted by molar-refractivity contribution is 7.84. The van der Waals surface area contributed by atoms with Crippen LogP contribution in [0, 0.1) is 5.92 Å². The molecule has 0 spiro atoms. The third-order valence-electron chi connectivity index (χ3n) is 3.36. The van der Waals surface area contributed by atoms with Crippen molar-refractivity contribution in [1.29, 1.82) is 0 Å². The molecule has 0 radical (unpaired) electrons. The second kappa shape index (κ2) is 6.72. The van der Waals surface area contributed by atoms with E-state index in [4.69, 9.17) is 0 Å². The van der Waals surface area contributed by atoms with Crippen molar-refractivity contribution < 1.29 is 4.21 Å². The molecule has 0 saturated carbocycles. The monoisotopic (exact) mass is 246 g/mol. The first-order valence-electron chi connectivity index (χ1n) is 6.28. The van der Waals surface area contributed by atoms with E-state index < -0.39 is 10.8 Å². The van der Waals surface area contributed by atoms with Gasteiger partial charge in [-0.15, -0.1) is 0 Å². The van der Waals surface area contributed by atoms with Crippen LogP contribution < -0.4 is 5.32 Å². The summed E-state index contributed by atoms with van der Waals surface area (Å²) in [6.07, 6.45) is 3.00. The maximum absolute atomic E-state index is 11.3. The highest BCUT2D eigenvalue weighted by Gasteiger charge is 2.23. The molecule has 3 nitrogen and oxygen atoms in total. The van der Waals surface area contributed by atoms with Gasteiger partial charge in [0.25, 0.3) is 0 Å². The fourth-order valence-electron chi connectivity index (χ4n) is 2.27. The van der Waals surface area contributed by atoms with Gasteiger partial charge in [0.15, 0.2) is 0 Å². The molecule has 0 aliphatic carbocycles. The topological polar surface area (TPSA) is 32.3 Å². The zero-order valence-corrected chi connectivity index (χ0v) is 11.8. The molecule has 16 heavy (non-hydrogen) atoms. The summed E-state index contributed by atoms with van der Waals surface area (Å²) in [7, 11) is -0.687. The quantitative estimate of drug-likeness (QED) is 0.805. The Balaban J connectivity index is 2.53. The Kier molecular flexibility index (Phi) is 5.94. The predicted molar refractivity (Wildman–Crippen MR) is 71.2 cm³/mol. The van der Waals surface area contributed by atoms with Gasteiger partial charge in [0.05, 0.1) is 0 Å². The normalized spacial score (nSPS) is 27.7. The van der Waals surface area contributed by atoms with Gasteiger partial charge >= 0.3 is 0 Å². The number of nitrogens with zero attached hydrogens (tertiary/aromatic N) is 1. The van der Waals surface area contributed by atoms with Gasteiger partial charge < -0.3 is 5.32 Å². The largest absolute Gasteiger partial charge is 0.312 e. The maximum Gasteiger partial charge on any atom is 0.0385 e. The summed E-state index contributed by atoms with van der Waals surface area (Å²) in [5, 5.41) is 3.60. The average molecular weight is 246 g/mol. The molecule has 0 bridgehead atoms. The molecule has 1 saturated heterocycles.